The Morgan fingerprint density at radius 1 is 1.12 bits per heavy atom. The maximum atomic E-state index is 13.1. The van der Waals surface area contributed by atoms with Crippen LogP contribution in [0.5, 0.6) is 0 Å². The molecule has 0 spiro atoms. The summed E-state index contributed by atoms with van der Waals surface area (Å²) in [6.07, 6.45) is 2.47. The van der Waals surface area contributed by atoms with E-state index in [1.54, 1.807) is 27.3 Å². The Labute approximate surface area is 199 Å². The number of amides is 1. The molecule has 0 bridgehead atoms. The summed E-state index contributed by atoms with van der Waals surface area (Å²) < 4.78 is 6.19. The van der Waals surface area contributed by atoms with E-state index in [2.05, 4.69) is 53.0 Å². The van der Waals surface area contributed by atoms with Crippen LogP contribution in [0, 0.1) is 13.8 Å². The van der Waals surface area contributed by atoms with Gasteiger partial charge in [0.15, 0.2) is 10.4 Å². The first-order chi connectivity index (χ1) is 15.7. The van der Waals surface area contributed by atoms with Crippen molar-refractivity contribution in [3.8, 4) is 10.6 Å². The molecule has 0 radical (unpaired) electrons. The van der Waals surface area contributed by atoms with Crippen LogP contribution in [0.2, 0.25) is 0 Å². The van der Waals surface area contributed by atoms with Crippen molar-refractivity contribution in [1.82, 2.24) is 19.7 Å². The summed E-state index contributed by atoms with van der Waals surface area (Å²) in [5.74, 6) is -0.0819. The first kappa shape index (κ1) is 24.8. The zero-order chi connectivity index (χ0) is 24.3. The van der Waals surface area contributed by atoms with Crippen LogP contribution < -0.4 is 5.43 Å². The molecule has 0 N–H and O–H groups in total. The van der Waals surface area contributed by atoms with Gasteiger partial charge in [0.25, 0.3) is 5.91 Å². The number of aryl methyl sites for hydroxylation is 1. The monoisotopic (exact) mass is 468 g/mol. The Morgan fingerprint density at radius 3 is 2.36 bits per heavy atom. The van der Waals surface area contributed by atoms with Crippen LogP contribution in [0.15, 0.2) is 35.3 Å². The molecule has 176 valence electrons. The summed E-state index contributed by atoms with van der Waals surface area (Å²) in [4.78, 5) is 28.0. The quantitative estimate of drug-likeness (QED) is 0.572. The summed E-state index contributed by atoms with van der Waals surface area (Å²) in [6.45, 7) is 10.5. The number of pyridine rings is 1. The van der Waals surface area contributed by atoms with Crippen molar-refractivity contribution in [1.29, 1.82) is 0 Å². The molecule has 0 fully saturated rings. The first-order valence-corrected chi connectivity index (χ1v) is 11.8. The number of rotatable bonds is 4. The lowest BCUT2D eigenvalue weighted by molar-refractivity contribution is 0.0612. The number of carbonyl (C=O) groups is 1. The fourth-order valence-corrected chi connectivity index (χ4v) is 4.77. The lowest BCUT2D eigenvalue weighted by Gasteiger charge is -2.37. The molecule has 0 aliphatic carbocycles. The Kier molecular flexibility index (Phi) is 7.81. The maximum Gasteiger partial charge on any atom is 0.271 e. The largest absolute Gasteiger partial charge is 0.388 e. The van der Waals surface area contributed by atoms with E-state index in [0.29, 0.717) is 34.8 Å². The molecule has 1 aliphatic rings. The summed E-state index contributed by atoms with van der Waals surface area (Å²) in [5, 5.41) is 10.1. The third-order valence-electron chi connectivity index (χ3n) is 5.66. The van der Waals surface area contributed by atoms with E-state index < -0.39 is 0 Å². The minimum absolute atomic E-state index is 0.0816. The molecule has 3 aromatic rings. The van der Waals surface area contributed by atoms with Gasteiger partial charge < -0.3 is 14.2 Å². The highest BCUT2D eigenvalue weighted by Crippen LogP contribution is 2.29. The van der Waals surface area contributed by atoms with Gasteiger partial charge in [-0.2, -0.15) is 0 Å². The second-order valence-corrected chi connectivity index (χ2v) is 9.79. The van der Waals surface area contributed by atoms with Gasteiger partial charge in [-0.05, 0) is 40.2 Å². The highest BCUT2D eigenvalue weighted by Gasteiger charge is 2.33. The average molecular weight is 469 g/mol. The molecule has 4 rings (SSSR count). The fourth-order valence-electron chi connectivity index (χ4n) is 3.89. The number of nitrogens with zero attached hydrogens (tertiary/aromatic N) is 4. The molecule has 1 amide bonds. The van der Waals surface area contributed by atoms with Gasteiger partial charge in [0.1, 0.15) is 10.7 Å². The summed E-state index contributed by atoms with van der Waals surface area (Å²) >= 11 is 1.44. The van der Waals surface area contributed by atoms with Gasteiger partial charge in [-0.15, -0.1) is 10.2 Å². The lowest BCUT2D eigenvalue weighted by atomic mass is 10.0. The van der Waals surface area contributed by atoms with Crippen LogP contribution in [-0.4, -0.2) is 52.4 Å². The molecule has 0 saturated heterocycles. The van der Waals surface area contributed by atoms with E-state index in [-0.39, 0.29) is 23.4 Å². The lowest BCUT2D eigenvalue weighted by Crippen LogP contribution is -2.47. The normalized spacial score (nSPS) is 15.3. The molecule has 0 saturated carbocycles. The topological polar surface area (TPSA) is 77.3 Å². The van der Waals surface area contributed by atoms with Crippen LogP contribution in [0.1, 0.15) is 59.0 Å². The highest BCUT2D eigenvalue weighted by molar-refractivity contribution is 7.14. The molecule has 1 aromatic carbocycles. The van der Waals surface area contributed by atoms with Crippen molar-refractivity contribution in [2.75, 3.05) is 20.8 Å². The van der Waals surface area contributed by atoms with Crippen molar-refractivity contribution >= 4 is 17.2 Å². The van der Waals surface area contributed by atoms with Gasteiger partial charge in [-0.1, -0.05) is 41.2 Å². The number of hydrogen-bond acceptors (Lipinski definition) is 6. The van der Waals surface area contributed by atoms with Crippen molar-refractivity contribution < 1.29 is 9.53 Å². The Balaban J connectivity index is 0.000000968. The molecule has 3 heterocycles. The molecule has 2 aromatic heterocycles. The number of benzene rings is 1. The zero-order valence-corrected chi connectivity index (χ0v) is 21.2. The Morgan fingerprint density at radius 2 is 1.76 bits per heavy atom. The summed E-state index contributed by atoms with van der Waals surface area (Å²) in [5.41, 5.74) is 3.71. The predicted octanol–water partition coefficient (Wildman–Crippen LogP) is 4.26. The van der Waals surface area contributed by atoms with E-state index in [1.807, 2.05) is 23.3 Å². The van der Waals surface area contributed by atoms with E-state index >= 15 is 0 Å². The second kappa shape index (κ2) is 10.4. The van der Waals surface area contributed by atoms with Gasteiger partial charge in [-0.25, -0.2) is 0 Å². The number of fused-ring (bicyclic) bond motifs is 1. The zero-order valence-electron chi connectivity index (χ0n) is 20.4. The average Bonchev–Trinajstić information content (AvgIpc) is 3.22. The molecular weight excluding hydrogens is 436 g/mol. The molecule has 1 aliphatic heterocycles. The molecule has 7 nitrogen and oxygen atoms in total. The minimum Gasteiger partial charge on any atom is -0.388 e. The van der Waals surface area contributed by atoms with Crippen LogP contribution in [0.4, 0.5) is 0 Å². The smallest absolute Gasteiger partial charge is 0.271 e. The number of ether oxygens (including phenoxy) is 1. The minimum atomic E-state index is -0.148. The number of methoxy groups -OCH3 is 1. The van der Waals surface area contributed by atoms with E-state index in [1.165, 1.54) is 16.9 Å². The second-order valence-electron chi connectivity index (χ2n) is 8.72. The molecular formula is C25H32N4O3S. The van der Waals surface area contributed by atoms with Crippen LogP contribution in [0.25, 0.3) is 10.6 Å². The number of aromatic nitrogens is 3. The van der Waals surface area contributed by atoms with Gasteiger partial charge in [0.2, 0.25) is 0 Å². The highest BCUT2D eigenvalue weighted by atomic mass is 32.1. The first-order valence-electron chi connectivity index (χ1n) is 11.0. The van der Waals surface area contributed by atoms with E-state index in [9.17, 15) is 9.59 Å². The third kappa shape index (κ3) is 5.23. The van der Waals surface area contributed by atoms with Crippen molar-refractivity contribution in [2.24, 2.45) is 0 Å². The van der Waals surface area contributed by atoms with Gasteiger partial charge in [-0.3, -0.25) is 9.59 Å². The SMILES string of the molecule is COC.Cc1ccc(Cc2nnc(-c3cn4c(c(C)c3=O)C(=O)N(C(C)C)CC4C)s2)cc1. The fraction of sp³-hybridized carbons (Fsp3) is 0.440. The predicted molar refractivity (Wildman–Crippen MR) is 132 cm³/mol. The standard InChI is InChI=1S/C23H26N4O2S.C2H6O/c1-13(2)26-11-15(4)27-12-18(21(28)16(5)20(27)23(26)29)22-25-24-19(30-22)10-17-8-6-14(3)7-9-17;1-3-2/h6-9,12-13,15H,10-11H2,1-5H3;1-2H3. The molecule has 1 atom stereocenters. The van der Waals surface area contributed by atoms with E-state index in [0.717, 1.165) is 10.6 Å². The molecule has 8 heteroatoms. The number of hydrogen-bond donors (Lipinski definition) is 0. The Bertz CT molecular complexity index is 1180. The van der Waals surface area contributed by atoms with Gasteiger partial charge in [0, 0.05) is 51.0 Å². The Hall–Kier alpha value is -2.84. The van der Waals surface area contributed by atoms with Gasteiger partial charge in [0.05, 0.1) is 5.56 Å². The van der Waals surface area contributed by atoms with E-state index in [4.69, 9.17) is 0 Å². The van der Waals surface area contributed by atoms with Crippen LogP contribution in [0.3, 0.4) is 0 Å². The van der Waals surface area contributed by atoms with Crippen molar-refractivity contribution in [3.05, 3.63) is 68.1 Å². The van der Waals surface area contributed by atoms with Gasteiger partial charge >= 0.3 is 0 Å². The third-order valence-corrected chi connectivity index (χ3v) is 6.62. The summed E-state index contributed by atoms with van der Waals surface area (Å²) in [6, 6.07) is 8.50. The molecule has 33 heavy (non-hydrogen) atoms. The van der Waals surface area contributed by atoms with Crippen LogP contribution >= 0.6 is 11.3 Å². The number of carbonyl (C=O) groups excluding carboxylic acids is 1. The molecule has 1 unspecified atom stereocenters. The summed E-state index contributed by atoms with van der Waals surface area (Å²) in [7, 11) is 3.25. The van der Waals surface area contributed by atoms with Crippen molar-refractivity contribution in [2.45, 2.75) is 53.1 Å². The van der Waals surface area contributed by atoms with Crippen LogP contribution in [-0.2, 0) is 11.2 Å². The maximum absolute atomic E-state index is 13.1. The van der Waals surface area contributed by atoms with Crippen molar-refractivity contribution in [3.63, 3.8) is 0 Å².